The molecule has 23 heavy (non-hydrogen) atoms. The summed E-state index contributed by atoms with van der Waals surface area (Å²) in [5.41, 5.74) is 1.08. The molecule has 1 aromatic rings. The molecule has 1 aromatic carbocycles. The number of hydrogen-bond donors (Lipinski definition) is 0. The molecule has 1 atom stereocenters. The molecule has 6 heteroatoms. The Morgan fingerprint density at radius 2 is 1.83 bits per heavy atom. The van der Waals surface area contributed by atoms with Gasteiger partial charge < -0.3 is 9.64 Å². The minimum atomic E-state index is -3.15. The zero-order valence-electron chi connectivity index (χ0n) is 13.6. The third-order valence-corrected chi connectivity index (χ3v) is 6.63. The lowest BCUT2D eigenvalue weighted by molar-refractivity contribution is 0.143. The molecule has 0 amide bonds. The van der Waals surface area contributed by atoms with Crippen LogP contribution in [0.3, 0.4) is 0 Å². The molecule has 0 radical (unpaired) electrons. The molecule has 2 fully saturated rings. The fraction of sp³-hybridized carbons (Fsp3) is 0.647. The molecule has 5 nitrogen and oxygen atoms in total. The zero-order valence-corrected chi connectivity index (χ0v) is 14.4. The van der Waals surface area contributed by atoms with Gasteiger partial charge in [-0.25, -0.2) is 8.42 Å². The Morgan fingerprint density at radius 3 is 2.48 bits per heavy atom. The molecule has 0 unspecified atom stereocenters. The van der Waals surface area contributed by atoms with Gasteiger partial charge >= 0.3 is 0 Å². The maximum absolute atomic E-state index is 12.5. The Kier molecular flexibility index (Phi) is 5.69. The summed E-state index contributed by atoms with van der Waals surface area (Å²) < 4.78 is 32.1. The number of hydrogen-bond acceptors (Lipinski definition) is 4. The van der Waals surface area contributed by atoms with Crippen molar-refractivity contribution in [3.8, 4) is 0 Å². The van der Waals surface area contributed by atoms with E-state index in [-0.39, 0.29) is 5.75 Å². The van der Waals surface area contributed by atoms with Gasteiger partial charge in [-0.1, -0.05) is 30.3 Å². The summed E-state index contributed by atoms with van der Waals surface area (Å²) in [6.07, 6.45) is 1.72. The molecule has 0 bridgehead atoms. The smallest absolute Gasteiger partial charge is 0.214 e. The van der Waals surface area contributed by atoms with Gasteiger partial charge in [0.2, 0.25) is 10.0 Å². The molecule has 3 rings (SSSR count). The van der Waals surface area contributed by atoms with Crippen LogP contribution < -0.4 is 0 Å². The van der Waals surface area contributed by atoms with Crippen molar-refractivity contribution < 1.29 is 13.2 Å². The molecule has 128 valence electrons. The summed E-state index contributed by atoms with van der Waals surface area (Å²) in [5, 5.41) is 0. The third kappa shape index (κ3) is 4.76. The summed E-state index contributed by atoms with van der Waals surface area (Å²) in [4.78, 5) is 2.38. The van der Waals surface area contributed by atoms with E-state index in [1.54, 1.807) is 4.31 Å². The Morgan fingerprint density at radius 1 is 1.09 bits per heavy atom. The van der Waals surface area contributed by atoms with Gasteiger partial charge in [0.1, 0.15) is 0 Å². The fourth-order valence-electron chi connectivity index (χ4n) is 3.30. The van der Waals surface area contributed by atoms with Crippen molar-refractivity contribution in [3.63, 3.8) is 0 Å². The van der Waals surface area contributed by atoms with Crippen molar-refractivity contribution in [1.82, 2.24) is 9.21 Å². The topological polar surface area (TPSA) is 49.9 Å². The highest BCUT2D eigenvalue weighted by Gasteiger charge is 2.28. The van der Waals surface area contributed by atoms with E-state index in [4.69, 9.17) is 4.74 Å². The van der Waals surface area contributed by atoms with Crippen LogP contribution in [-0.4, -0.2) is 69.3 Å². The average molecular weight is 338 g/mol. The second-order valence-corrected chi connectivity index (χ2v) is 8.57. The van der Waals surface area contributed by atoms with E-state index < -0.39 is 10.0 Å². The number of piperazine rings is 1. The van der Waals surface area contributed by atoms with Crippen LogP contribution >= 0.6 is 0 Å². The van der Waals surface area contributed by atoms with Gasteiger partial charge in [-0.15, -0.1) is 0 Å². The predicted molar refractivity (Wildman–Crippen MR) is 90.9 cm³/mol. The van der Waals surface area contributed by atoms with E-state index in [2.05, 4.69) is 4.90 Å². The van der Waals surface area contributed by atoms with Crippen LogP contribution in [0.4, 0.5) is 0 Å². The van der Waals surface area contributed by atoms with Gasteiger partial charge in [0, 0.05) is 39.3 Å². The van der Waals surface area contributed by atoms with Crippen molar-refractivity contribution >= 4 is 10.0 Å². The number of nitrogens with zero attached hydrogens (tertiary/aromatic N) is 2. The first-order valence-electron chi connectivity index (χ1n) is 8.45. The van der Waals surface area contributed by atoms with Crippen molar-refractivity contribution in [2.75, 3.05) is 51.7 Å². The normalized spacial score (nSPS) is 24.1. The summed E-state index contributed by atoms with van der Waals surface area (Å²) >= 11 is 0. The van der Waals surface area contributed by atoms with Crippen molar-refractivity contribution in [3.05, 3.63) is 35.9 Å². The van der Waals surface area contributed by atoms with Gasteiger partial charge in [-0.05, 0) is 24.3 Å². The summed E-state index contributed by atoms with van der Waals surface area (Å²) in [6, 6.07) is 9.82. The van der Waals surface area contributed by atoms with Gasteiger partial charge in [-0.3, -0.25) is 0 Å². The van der Waals surface area contributed by atoms with Gasteiger partial charge in [0.05, 0.1) is 12.4 Å². The van der Waals surface area contributed by atoms with Crippen LogP contribution in [0.15, 0.2) is 30.3 Å². The molecular weight excluding hydrogens is 312 g/mol. The highest BCUT2D eigenvalue weighted by molar-refractivity contribution is 7.89. The molecule has 0 aromatic heterocycles. The first kappa shape index (κ1) is 16.9. The molecule has 2 aliphatic rings. The standard InChI is InChI=1S/C17H26N2O3S/c20-23(21,13-7-16-4-2-1-3-5-16)19-10-8-18(9-11-19)14-17-6-12-22-15-17/h1-5,17H,6-15H2/t17-/m0/s1. The van der Waals surface area contributed by atoms with Crippen LogP contribution in [-0.2, 0) is 21.2 Å². The van der Waals surface area contributed by atoms with Crippen molar-refractivity contribution in [2.24, 2.45) is 5.92 Å². The van der Waals surface area contributed by atoms with E-state index in [1.165, 1.54) is 0 Å². The monoisotopic (exact) mass is 338 g/mol. The van der Waals surface area contributed by atoms with Gasteiger partial charge in [0.15, 0.2) is 0 Å². The largest absolute Gasteiger partial charge is 0.381 e. The Labute approximate surface area is 139 Å². The van der Waals surface area contributed by atoms with Crippen LogP contribution in [0, 0.1) is 5.92 Å². The molecule has 0 aliphatic carbocycles. The minimum absolute atomic E-state index is 0.202. The number of ether oxygens (including phenoxy) is 1. The molecule has 0 spiro atoms. The number of benzene rings is 1. The van der Waals surface area contributed by atoms with Crippen LogP contribution in [0.5, 0.6) is 0 Å². The lowest BCUT2D eigenvalue weighted by Gasteiger charge is -2.35. The van der Waals surface area contributed by atoms with E-state index in [9.17, 15) is 8.42 Å². The van der Waals surface area contributed by atoms with E-state index >= 15 is 0 Å². The van der Waals surface area contributed by atoms with E-state index in [0.717, 1.165) is 44.8 Å². The lowest BCUT2D eigenvalue weighted by Crippen LogP contribution is -2.50. The quantitative estimate of drug-likeness (QED) is 0.782. The predicted octanol–water partition coefficient (Wildman–Crippen LogP) is 1.21. The molecule has 0 saturated carbocycles. The second-order valence-electron chi connectivity index (χ2n) is 6.48. The van der Waals surface area contributed by atoms with Gasteiger partial charge in [0.25, 0.3) is 0 Å². The number of rotatable bonds is 6. The second kappa shape index (κ2) is 7.75. The maximum atomic E-state index is 12.5. The first-order chi connectivity index (χ1) is 11.1. The van der Waals surface area contributed by atoms with Crippen LogP contribution in [0.1, 0.15) is 12.0 Å². The van der Waals surface area contributed by atoms with Crippen molar-refractivity contribution in [2.45, 2.75) is 12.8 Å². The number of aryl methyl sites for hydroxylation is 1. The first-order valence-corrected chi connectivity index (χ1v) is 10.1. The summed E-state index contributed by atoms with van der Waals surface area (Å²) in [6.45, 7) is 5.67. The summed E-state index contributed by atoms with van der Waals surface area (Å²) in [7, 11) is -3.15. The Bertz CT molecular complexity index is 577. The van der Waals surface area contributed by atoms with Crippen molar-refractivity contribution in [1.29, 1.82) is 0 Å². The average Bonchev–Trinajstić information content (AvgIpc) is 3.08. The SMILES string of the molecule is O=S(=O)(CCc1ccccc1)N1CCN(C[C@@H]2CCOC2)CC1. The Balaban J connectivity index is 1.46. The third-order valence-electron chi connectivity index (χ3n) is 4.76. The van der Waals surface area contributed by atoms with E-state index in [0.29, 0.717) is 25.4 Å². The Hall–Kier alpha value is -0.950. The van der Waals surface area contributed by atoms with Crippen LogP contribution in [0.2, 0.25) is 0 Å². The highest BCUT2D eigenvalue weighted by Crippen LogP contribution is 2.16. The van der Waals surface area contributed by atoms with Crippen LogP contribution in [0.25, 0.3) is 0 Å². The highest BCUT2D eigenvalue weighted by atomic mass is 32.2. The minimum Gasteiger partial charge on any atom is -0.381 e. The zero-order chi connectivity index (χ0) is 16.1. The maximum Gasteiger partial charge on any atom is 0.214 e. The summed E-state index contributed by atoms with van der Waals surface area (Å²) in [5.74, 6) is 0.823. The van der Waals surface area contributed by atoms with Gasteiger partial charge in [-0.2, -0.15) is 4.31 Å². The fourth-order valence-corrected chi connectivity index (χ4v) is 4.77. The number of sulfonamides is 1. The molecule has 0 N–H and O–H groups in total. The molecule has 2 saturated heterocycles. The molecule has 2 aliphatic heterocycles. The van der Waals surface area contributed by atoms with E-state index in [1.807, 2.05) is 30.3 Å². The lowest BCUT2D eigenvalue weighted by atomic mass is 10.1. The molecular formula is C17H26N2O3S. The molecule has 2 heterocycles.